The molecular weight excluding hydrogens is 178 g/mol. The van der Waals surface area contributed by atoms with Gasteiger partial charge in [-0.05, 0) is 25.2 Å². The average molecular weight is 199 g/mol. The largest absolute Gasteiger partial charge is 0.449 e. The van der Waals surface area contributed by atoms with E-state index in [-0.39, 0.29) is 6.09 Å². The van der Waals surface area contributed by atoms with Crippen molar-refractivity contribution in [1.82, 2.24) is 5.32 Å². The molecule has 0 bridgehead atoms. The fourth-order valence-corrected chi connectivity index (χ4v) is 1.83. The normalized spacial score (nSPS) is 17.8. The van der Waals surface area contributed by atoms with Gasteiger partial charge in [0.15, 0.2) is 0 Å². The highest BCUT2D eigenvalue weighted by Crippen LogP contribution is 2.23. The minimum atomic E-state index is -0.252. The molecule has 0 aromatic heterocycles. The molecule has 1 aliphatic rings. The lowest BCUT2D eigenvalue weighted by atomic mass is 9.90. The molecule has 0 spiro atoms. The molecule has 0 unspecified atom stereocenters. The van der Waals surface area contributed by atoms with Crippen molar-refractivity contribution in [1.29, 1.82) is 0 Å². The van der Waals surface area contributed by atoms with Gasteiger partial charge in [-0.1, -0.05) is 26.2 Å². The van der Waals surface area contributed by atoms with E-state index < -0.39 is 0 Å². The van der Waals surface area contributed by atoms with Gasteiger partial charge in [0.05, 0.1) is 6.61 Å². The van der Waals surface area contributed by atoms with Gasteiger partial charge in [-0.15, -0.1) is 0 Å². The van der Waals surface area contributed by atoms with Gasteiger partial charge < -0.3 is 10.1 Å². The van der Waals surface area contributed by atoms with Crippen molar-refractivity contribution in [2.45, 2.75) is 45.4 Å². The van der Waals surface area contributed by atoms with Gasteiger partial charge in [0, 0.05) is 6.54 Å². The average Bonchev–Trinajstić information content (AvgIpc) is 2.25. The minimum absolute atomic E-state index is 0.252. The second-order valence-corrected chi connectivity index (χ2v) is 4.03. The van der Waals surface area contributed by atoms with Crippen molar-refractivity contribution in [3.63, 3.8) is 0 Å². The van der Waals surface area contributed by atoms with Crippen LogP contribution in [0.5, 0.6) is 0 Å². The standard InChI is InChI=1S/C11H21NO2/c1-2-8-12-11(13)14-9-10-6-4-3-5-7-10/h10H,2-9H2,1H3,(H,12,13). The van der Waals surface area contributed by atoms with Gasteiger partial charge >= 0.3 is 6.09 Å². The first-order valence-corrected chi connectivity index (χ1v) is 5.73. The van der Waals surface area contributed by atoms with Crippen LogP contribution in [0.4, 0.5) is 4.79 Å². The zero-order valence-electron chi connectivity index (χ0n) is 9.05. The molecular formula is C11H21NO2. The third-order valence-electron chi connectivity index (χ3n) is 2.69. The van der Waals surface area contributed by atoms with Crippen molar-refractivity contribution in [3.05, 3.63) is 0 Å². The van der Waals surface area contributed by atoms with Crippen LogP contribution in [-0.2, 0) is 4.74 Å². The SMILES string of the molecule is CCCNC(=O)OCC1CCCCC1. The molecule has 1 fully saturated rings. The Kier molecular flexibility index (Phi) is 5.42. The number of carbonyl (C=O) groups excluding carboxylic acids is 1. The molecule has 0 aromatic carbocycles. The van der Waals surface area contributed by atoms with E-state index in [4.69, 9.17) is 4.74 Å². The third-order valence-corrected chi connectivity index (χ3v) is 2.69. The molecule has 1 rings (SSSR count). The molecule has 1 amide bonds. The van der Waals surface area contributed by atoms with Crippen LogP contribution in [0.1, 0.15) is 45.4 Å². The fraction of sp³-hybridized carbons (Fsp3) is 0.909. The Hall–Kier alpha value is -0.730. The lowest BCUT2D eigenvalue weighted by Crippen LogP contribution is -2.27. The first-order chi connectivity index (χ1) is 6.83. The minimum Gasteiger partial charge on any atom is -0.449 e. The van der Waals surface area contributed by atoms with Gasteiger partial charge in [0.2, 0.25) is 0 Å². The number of nitrogens with one attached hydrogen (secondary N) is 1. The molecule has 1 N–H and O–H groups in total. The number of ether oxygens (including phenoxy) is 1. The van der Waals surface area contributed by atoms with Crippen LogP contribution >= 0.6 is 0 Å². The number of amides is 1. The van der Waals surface area contributed by atoms with E-state index in [0.717, 1.165) is 6.42 Å². The highest BCUT2D eigenvalue weighted by molar-refractivity contribution is 5.66. The number of alkyl carbamates (subject to hydrolysis) is 1. The molecule has 0 aromatic rings. The first kappa shape index (κ1) is 11.3. The van der Waals surface area contributed by atoms with Crippen molar-refractivity contribution >= 4 is 6.09 Å². The Labute approximate surface area is 86.2 Å². The number of hydrogen-bond donors (Lipinski definition) is 1. The summed E-state index contributed by atoms with van der Waals surface area (Å²) in [5.74, 6) is 0.608. The van der Waals surface area contributed by atoms with Crippen LogP contribution in [0, 0.1) is 5.92 Å². The summed E-state index contributed by atoms with van der Waals surface area (Å²) < 4.78 is 5.13. The highest BCUT2D eigenvalue weighted by atomic mass is 16.5. The van der Waals surface area contributed by atoms with Gasteiger partial charge in [-0.3, -0.25) is 0 Å². The van der Waals surface area contributed by atoms with Gasteiger partial charge in [-0.25, -0.2) is 4.79 Å². The van der Waals surface area contributed by atoms with E-state index in [9.17, 15) is 4.79 Å². The summed E-state index contributed by atoms with van der Waals surface area (Å²) in [7, 11) is 0. The second kappa shape index (κ2) is 6.68. The van der Waals surface area contributed by atoms with Crippen LogP contribution in [0.25, 0.3) is 0 Å². The van der Waals surface area contributed by atoms with Gasteiger partial charge in [-0.2, -0.15) is 0 Å². The van der Waals surface area contributed by atoms with Crippen LogP contribution < -0.4 is 5.32 Å². The summed E-state index contributed by atoms with van der Waals surface area (Å²) in [6.07, 6.45) is 7.09. The van der Waals surface area contributed by atoms with Crippen LogP contribution in [0.15, 0.2) is 0 Å². The lowest BCUT2D eigenvalue weighted by molar-refractivity contribution is 0.116. The highest BCUT2D eigenvalue weighted by Gasteiger charge is 2.14. The maximum Gasteiger partial charge on any atom is 0.407 e. The molecule has 3 nitrogen and oxygen atoms in total. The molecule has 0 aliphatic heterocycles. The maximum absolute atomic E-state index is 11.1. The molecule has 0 radical (unpaired) electrons. The summed E-state index contributed by atoms with van der Waals surface area (Å²) in [6, 6.07) is 0. The van der Waals surface area contributed by atoms with Crippen LogP contribution in [0.3, 0.4) is 0 Å². The Morgan fingerprint density at radius 1 is 1.36 bits per heavy atom. The summed E-state index contributed by atoms with van der Waals surface area (Å²) in [6.45, 7) is 3.35. The zero-order valence-corrected chi connectivity index (χ0v) is 9.05. The van der Waals surface area contributed by atoms with Crippen LogP contribution in [0.2, 0.25) is 0 Å². The first-order valence-electron chi connectivity index (χ1n) is 5.73. The predicted octanol–water partition coefficient (Wildman–Crippen LogP) is 2.70. The number of rotatable bonds is 4. The zero-order chi connectivity index (χ0) is 10.2. The quantitative estimate of drug-likeness (QED) is 0.756. The molecule has 3 heteroatoms. The van der Waals surface area contributed by atoms with Gasteiger partial charge in [0.25, 0.3) is 0 Å². The molecule has 0 saturated heterocycles. The fourth-order valence-electron chi connectivity index (χ4n) is 1.83. The van der Waals surface area contributed by atoms with E-state index in [1.807, 2.05) is 6.92 Å². The van der Waals surface area contributed by atoms with E-state index >= 15 is 0 Å². The van der Waals surface area contributed by atoms with E-state index in [0.29, 0.717) is 19.1 Å². The molecule has 0 atom stereocenters. The lowest BCUT2D eigenvalue weighted by Gasteiger charge is -2.20. The molecule has 1 aliphatic carbocycles. The van der Waals surface area contributed by atoms with E-state index in [1.165, 1.54) is 32.1 Å². The molecule has 0 heterocycles. The summed E-state index contributed by atoms with van der Waals surface area (Å²) in [4.78, 5) is 11.1. The maximum atomic E-state index is 11.1. The number of hydrogen-bond acceptors (Lipinski definition) is 2. The second-order valence-electron chi connectivity index (χ2n) is 4.03. The molecule has 1 saturated carbocycles. The topological polar surface area (TPSA) is 38.3 Å². The Morgan fingerprint density at radius 3 is 2.71 bits per heavy atom. The monoisotopic (exact) mass is 199 g/mol. The number of carbonyl (C=O) groups is 1. The summed E-state index contributed by atoms with van der Waals surface area (Å²) in [5, 5.41) is 2.71. The summed E-state index contributed by atoms with van der Waals surface area (Å²) in [5.41, 5.74) is 0. The van der Waals surface area contributed by atoms with Crippen molar-refractivity contribution in [3.8, 4) is 0 Å². The van der Waals surface area contributed by atoms with Crippen LogP contribution in [-0.4, -0.2) is 19.2 Å². The van der Waals surface area contributed by atoms with E-state index in [2.05, 4.69) is 5.32 Å². The van der Waals surface area contributed by atoms with Gasteiger partial charge in [0.1, 0.15) is 0 Å². The molecule has 82 valence electrons. The predicted molar refractivity (Wildman–Crippen MR) is 56.2 cm³/mol. The summed E-state index contributed by atoms with van der Waals surface area (Å²) >= 11 is 0. The van der Waals surface area contributed by atoms with E-state index in [1.54, 1.807) is 0 Å². The Morgan fingerprint density at radius 2 is 2.07 bits per heavy atom. The third kappa shape index (κ3) is 4.49. The van der Waals surface area contributed by atoms with Crippen molar-refractivity contribution in [2.24, 2.45) is 5.92 Å². The Bertz CT molecular complexity index is 165. The van der Waals surface area contributed by atoms with Crippen molar-refractivity contribution in [2.75, 3.05) is 13.2 Å². The smallest absolute Gasteiger partial charge is 0.407 e. The Balaban J connectivity index is 2.03. The van der Waals surface area contributed by atoms with Crippen molar-refractivity contribution < 1.29 is 9.53 Å². The molecule has 14 heavy (non-hydrogen) atoms.